The van der Waals surface area contributed by atoms with Gasteiger partial charge in [-0.05, 0) is 17.2 Å². The minimum atomic E-state index is -0.211. The Morgan fingerprint density at radius 1 is 1.17 bits per heavy atom. The van der Waals surface area contributed by atoms with Gasteiger partial charge in [0.05, 0.1) is 24.6 Å². The summed E-state index contributed by atoms with van der Waals surface area (Å²) in [7, 11) is 0. The number of nitrogens with one attached hydrogen (secondary N) is 1. The molecule has 2 aromatic rings. The monoisotopic (exact) mass is 243 g/mol. The van der Waals surface area contributed by atoms with Crippen molar-refractivity contribution >= 4 is 5.91 Å². The Bertz CT molecular complexity index is 529. The zero-order chi connectivity index (χ0) is 12.8. The Balaban J connectivity index is 2.02. The van der Waals surface area contributed by atoms with Crippen LogP contribution in [0.1, 0.15) is 21.5 Å². The molecule has 2 rings (SSSR count). The van der Waals surface area contributed by atoms with Gasteiger partial charge >= 0.3 is 0 Å². The molecule has 5 nitrogen and oxygen atoms in total. The van der Waals surface area contributed by atoms with E-state index in [1.54, 1.807) is 6.07 Å². The van der Waals surface area contributed by atoms with Gasteiger partial charge in [-0.25, -0.2) is 0 Å². The Labute approximate surface area is 104 Å². The highest BCUT2D eigenvalue weighted by Crippen LogP contribution is 2.08. The normalized spacial score (nSPS) is 10.1. The predicted octanol–water partition coefficient (Wildman–Crippen LogP) is 0.899. The molecule has 1 amide bonds. The molecular formula is C13H13N3O2. The number of benzene rings is 1. The molecule has 18 heavy (non-hydrogen) atoms. The number of carbonyl (C=O) groups is 1. The van der Waals surface area contributed by atoms with E-state index in [0.29, 0.717) is 12.1 Å². The molecule has 2 N–H and O–H groups in total. The molecule has 1 aromatic heterocycles. The van der Waals surface area contributed by atoms with Crippen molar-refractivity contribution in [1.82, 2.24) is 15.5 Å². The van der Waals surface area contributed by atoms with Crippen LogP contribution in [0, 0.1) is 0 Å². The molecule has 0 fully saturated rings. The van der Waals surface area contributed by atoms with Crippen molar-refractivity contribution in [2.75, 3.05) is 0 Å². The number of hydrogen-bond donors (Lipinski definition) is 2. The Morgan fingerprint density at radius 2 is 1.94 bits per heavy atom. The van der Waals surface area contributed by atoms with E-state index in [-0.39, 0.29) is 12.5 Å². The summed E-state index contributed by atoms with van der Waals surface area (Å²) < 4.78 is 0. The molecule has 0 radical (unpaired) electrons. The van der Waals surface area contributed by atoms with Gasteiger partial charge < -0.3 is 10.4 Å². The second-order valence-electron chi connectivity index (χ2n) is 3.74. The van der Waals surface area contributed by atoms with E-state index >= 15 is 0 Å². The van der Waals surface area contributed by atoms with E-state index in [2.05, 4.69) is 15.5 Å². The van der Waals surface area contributed by atoms with Crippen LogP contribution in [0.15, 0.2) is 42.7 Å². The van der Waals surface area contributed by atoms with Gasteiger partial charge in [0.1, 0.15) is 0 Å². The van der Waals surface area contributed by atoms with E-state index in [4.69, 9.17) is 5.11 Å². The lowest BCUT2D eigenvalue weighted by Gasteiger charge is -2.08. The number of aromatic nitrogens is 2. The number of carbonyl (C=O) groups excluding carboxylic acids is 1. The van der Waals surface area contributed by atoms with Gasteiger partial charge in [0.15, 0.2) is 0 Å². The second-order valence-corrected chi connectivity index (χ2v) is 3.74. The standard InChI is InChI=1S/C13H13N3O2/c17-9-12-4-2-1-3-10(12)7-14-13(18)11-5-6-15-16-8-11/h1-6,8,17H,7,9H2,(H,14,18). The van der Waals surface area contributed by atoms with E-state index in [1.807, 2.05) is 24.3 Å². The molecule has 0 unspecified atom stereocenters. The van der Waals surface area contributed by atoms with Gasteiger partial charge in [0, 0.05) is 6.54 Å². The molecule has 0 aliphatic heterocycles. The van der Waals surface area contributed by atoms with Gasteiger partial charge in [0.25, 0.3) is 5.91 Å². The van der Waals surface area contributed by atoms with Crippen LogP contribution in [0.25, 0.3) is 0 Å². The maximum Gasteiger partial charge on any atom is 0.253 e. The summed E-state index contributed by atoms with van der Waals surface area (Å²) in [5, 5.41) is 19.2. The van der Waals surface area contributed by atoms with Crippen molar-refractivity contribution in [3.63, 3.8) is 0 Å². The highest BCUT2D eigenvalue weighted by molar-refractivity contribution is 5.93. The smallest absolute Gasteiger partial charge is 0.253 e. The summed E-state index contributed by atoms with van der Waals surface area (Å²) in [6.07, 6.45) is 2.88. The Hall–Kier alpha value is -2.27. The predicted molar refractivity (Wildman–Crippen MR) is 65.6 cm³/mol. The maximum atomic E-state index is 11.8. The van der Waals surface area contributed by atoms with Crippen LogP contribution in [0.2, 0.25) is 0 Å². The first-order valence-corrected chi connectivity index (χ1v) is 5.54. The van der Waals surface area contributed by atoms with Gasteiger partial charge in [-0.2, -0.15) is 10.2 Å². The molecule has 92 valence electrons. The third-order valence-electron chi connectivity index (χ3n) is 2.57. The second kappa shape index (κ2) is 5.88. The molecule has 0 spiro atoms. The summed E-state index contributed by atoms with van der Waals surface area (Å²) >= 11 is 0. The number of nitrogens with zero attached hydrogens (tertiary/aromatic N) is 2. The Morgan fingerprint density at radius 3 is 2.61 bits per heavy atom. The fourth-order valence-electron chi connectivity index (χ4n) is 1.59. The zero-order valence-electron chi connectivity index (χ0n) is 9.71. The van der Waals surface area contributed by atoms with Crippen molar-refractivity contribution < 1.29 is 9.90 Å². The van der Waals surface area contributed by atoms with Gasteiger partial charge in [-0.1, -0.05) is 24.3 Å². The van der Waals surface area contributed by atoms with Gasteiger partial charge in [-0.3, -0.25) is 4.79 Å². The quantitative estimate of drug-likeness (QED) is 0.836. The fraction of sp³-hybridized carbons (Fsp3) is 0.154. The maximum absolute atomic E-state index is 11.8. The lowest BCUT2D eigenvalue weighted by molar-refractivity contribution is 0.0950. The van der Waals surface area contributed by atoms with E-state index in [0.717, 1.165) is 11.1 Å². The molecule has 1 heterocycles. The Kier molecular flexibility index (Phi) is 3.98. The molecule has 5 heteroatoms. The largest absolute Gasteiger partial charge is 0.392 e. The summed E-state index contributed by atoms with van der Waals surface area (Å²) in [4.78, 5) is 11.8. The van der Waals surface area contributed by atoms with Crippen LogP contribution in [0.3, 0.4) is 0 Å². The minimum absolute atomic E-state index is 0.0388. The SMILES string of the molecule is O=C(NCc1ccccc1CO)c1ccnnc1. The minimum Gasteiger partial charge on any atom is -0.392 e. The van der Waals surface area contributed by atoms with Crippen LogP contribution >= 0.6 is 0 Å². The summed E-state index contributed by atoms with van der Waals surface area (Å²) in [6.45, 7) is 0.334. The molecule has 0 saturated carbocycles. The van der Waals surface area contributed by atoms with E-state index in [1.165, 1.54) is 12.4 Å². The summed E-state index contributed by atoms with van der Waals surface area (Å²) in [5.74, 6) is -0.211. The highest BCUT2D eigenvalue weighted by Gasteiger charge is 2.06. The number of rotatable bonds is 4. The number of aliphatic hydroxyl groups excluding tert-OH is 1. The van der Waals surface area contributed by atoms with Crippen molar-refractivity contribution in [2.45, 2.75) is 13.2 Å². The third kappa shape index (κ3) is 2.89. The molecule has 0 saturated heterocycles. The van der Waals surface area contributed by atoms with Crippen molar-refractivity contribution in [3.8, 4) is 0 Å². The van der Waals surface area contributed by atoms with Crippen LogP contribution in [0.5, 0.6) is 0 Å². The molecule has 0 aliphatic rings. The third-order valence-corrected chi connectivity index (χ3v) is 2.57. The van der Waals surface area contributed by atoms with E-state index < -0.39 is 0 Å². The average molecular weight is 243 g/mol. The van der Waals surface area contributed by atoms with Crippen LogP contribution in [-0.2, 0) is 13.2 Å². The number of aliphatic hydroxyl groups is 1. The first-order chi connectivity index (χ1) is 8.81. The zero-order valence-corrected chi connectivity index (χ0v) is 9.71. The highest BCUT2D eigenvalue weighted by atomic mass is 16.3. The topological polar surface area (TPSA) is 75.1 Å². The lowest BCUT2D eigenvalue weighted by Crippen LogP contribution is -2.23. The fourth-order valence-corrected chi connectivity index (χ4v) is 1.59. The summed E-state index contributed by atoms with van der Waals surface area (Å²) in [6, 6.07) is 9.02. The first kappa shape index (κ1) is 12.2. The van der Waals surface area contributed by atoms with Gasteiger partial charge in [0.2, 0.25) is 0 Å². The van der Waals surface area contributed by atoms with E-state index in [9.17, 15) is 4.79 Å². The van der Waals surface area contributed by atoms with Crippen LogP contribution in [0.4, 0.5) is 0 Å². The van der Waals surface area contributed by atoms with Crippen molar-refractivity contribution in [3.05, 3.63) is 59.4 Å². The number of hydrogen-bond acceptors (Lipinski definition) is 4. The lowest BCUT2D eigenvalue weighted by atomic mass is 10.1. The first-order valence-electron chi connectivity index (χ1n) is 5.54. The average Bonchev–Trinajstić information content (AvgIpc) is 2.46. The van der Waals surface area contributed by atoms with Crippen LogP contribution < -0.4 is 5.32 Å². The van der Waals surface area contributed by atoms with Gasteiger partial charge in [-0.15, -0.1) is 0 Å². The summed E-state index contributed by atoms with van der Waals surface area (Å²) in [5.41, 5.74) is 2.17. The van der Waals surface area contributed by atoms with Crippen molar-refractivity contribution in [1.29, 1.82) is 0 Å². The molecular weight excluding hydrogens is 230 g/mol. The molecule has 1 aromatic carbocycles. The molecule has 0 atom stereocenters. The molecule has 0 aliphatic carbocycles. The van der Waals surface area contributed by atoms with Crippen LogP contribution in [-0.4, -0.2) is 21.2 Å². The molecule has 0 bridgehead atoms. The number of amides is 1. The van der Waals surface area contributed by atoms with Crippen molar-refractivity contribution in [2.24, 2.45) is 0 Å².